The third-order valence-electron chi connectivity index (χ3n) is 7.73. The van der Waals surface area contributed by atoms with Gasteiger partial charge in [-0.3, -0.25) is 9.59 Å². The molecule has 2 atom stereocenters. The minimum atomic E-state index is -5.32. The highest BCUT2D eigenvalue weighted by molar-refractivity contribution is 6.13. The summed E-state index contributed by atoms with van der Waals surface area (Å²) in [5, 5.41) is 4.35. The monoisotopic (exact) mass is 561 g/mol. The lowest BCUT2D eigenvalue weighted by Gasteiger charge is -2.40. The lowest BCUT2D eigenvalue weighted by atomic mass is 9.65. The Kier molecular flexibility index (Phi) is 5.99. The van der Waals surface area contributed by atoms with Crippen molar-refractivity contribution in [2.24, 2.45) is 0 Å². The van der Waals surface area contributed by atoms with Gasteiger partial charge < -0.3 is 14.4 Å². The van der Waals surface area contributed by atoms with Gasteiger partial charge in [-0.25, -0.2) is 4.68 Å². The van der Waals surface area contributed by atoms with Crippen LogP contribution in [0, 0.1) is 13.8 Å². The van der Waals surface area contributed by atoms with Crippen molar-refractivity contribution in [2.45, 2.75) is 44.5 Å². The third-order valence-corrected chi connectivity index (χ3v) is 7.73. The second-order valence-corrected chi connectivity index (χ2v) is 10.2. The number of amides is 1. The molecule has 41 heavy (non-hydrogen) atoms. The average Bonchev–Trinajstić information content (AvgIpc) is 3.53. The largest absolute Gasteiger partial charge is 0.465 e. The summed E-state index contributed by atoms with van der Waals surface area (Å²) in [4.78, 5) is 29.8. The van der Waals surface area contributed by atoms with Crippen LogP contribution in [0.4, 0.5) is 18.9 Å². The average molecular weight is 562 g/mol. The summed E-state index contributed by atoms with van der Waals surface area (Å²) in [7, 11) is 0. The predicted molar refractivity (Wildman–Crippen MR) is 144 cm³/mol. The number of aryl methyl sites for hydroxylation is 2. The summed E-state index contributed by atoms with van der Waals surface area (Å²) in [5.74, 6) is -2.96. The quantitative estimate of drug-likeness (QED) is 0.293. The molecule has 0 saturated carbocycles. The Hall–Kier alpha value is -4.60. The maximum absolute atomic E-state index is 15.9. The van der Waals surface area contributed by atoms with Gasteiger partial charge in [0.25, 0.3) is 5.91 Å². The van der Waals surface area contributed by atoms with Crippen molar-refractivity contribution < 1.29 is 32.2 Å². The molecular formula is C31H26F3N3O4. The number of hydrogen-bond acceptors (Lipinski definition) is 5. The number of carbonyl (C=O) groups excluding carboxylic acids is 2. The van der Waals surface area contributed by atoms with E-state index in [-0.39, 0.29) is 36.0 Å². The highest BCUT2D eigenvalue weighted by atomic mass is 19.4. The van der Waals surface area contributed by atoms with Crippen LogP contribution < -0.4 is 9.64 Å². The molecule has 1 amide bonds. The van der Waals surface area contributed by atoms with E-state index in [0.29, 0.717) is 16.8 Å². The van der Waals surface area contributed by atoms with E-state index in [1.165, 1.54) is 29.5 Å². The molecule has 2 aliphatic rings. The fourth-order valence-corrected chi connectivity index (χ4v) is 6.08. The number of carbonyl (C=O) groups is 2. The SMILES string of the molecule is CCOC(=O)[C@@]1(C(F)(F)F)c2c(C)nn(-c3ccccc3)c2O[C@@]12C(=O)N(Cc1ccccc1)c1ccc(C)cc12. The molecular weight excluding hydrogens is 535 g/mol. The van der Waals surface area contributed by atoms with Crippen molar-refractivity contribution in [2.75, 3.05) is 11.5 Å². The van der Waals surface area contributed by atoms with Gasteiger partial charge in [-0.05, 0) is 50.6 Å². The van der Waals surface area contributed by atoms with Crippen LogP contribution in [0.15, 0.2) is 78.9 Å². The zero-order valence-electron chi connectivity index (χ0n) is 22.5. The van der Waals surface area contributed by atoms with E-state index in [4.69, 9.17) is 9.47 Å². The minimum Gasteiger partial charge on any atom is -0.465 e. The molecule has 4 aromatic rings. The van der Waals surface area contributed by atoms with Crippen LogP contribution in [-0.4, -0.2) is 34.4 Å². The highest BCUT2D eigenvalue weighted by Crippen LogP contribution is 2.66. The summed E-state index contributed by atoms with van der Waals surface area (Å²) in [5.41, 5.74) is -5.13. The molecule has 0 N–H and O–H groups in total. The molecule has 3 aromatic carbocycles. The molecule has 0 unspecified atom stereocenters. The van der Waals surface area contributed by atoms with Gasteiger partial charge in [0.1, 0.15) is 0 Å². The van der Waals surface area contributed by atoms with Gasteiger partial charge in [0.05, 0.1) is 35.8 Å². The van der Waals surface area contributed by atoms with Crippen molar-refractivity contribution in [3.05, 3.63) is 107 Å². The van der Waals surface area contributed by atoms with Crippen LogP contribution >= 0.6 is 0 Å². The Morgan fingerprint density at radius 3 is 2.29 bits per heavy atom. The molecule has 0 radical (unpaired) electrons. The van der Waals surface area contributed by atoms with Crippen LogP contribution in [0.5, 0.6) is 5.88 Å². The van der Waals surface area contributed by atoms with Crippen molar-refractivity contribution >= 4 is 17.6 Å². The lowest BCUT2D eigenvalue weighted by Crippen LogP contribution is -2.66. The van der Waals surface area contributed by atoms with Crippen LogP contribution in [0.2, 0.25) is 0 Å². The fourth-order valence-electron chi connectivity index (χ4n) is 6.08. The van der Waals surface area contributed by atoms with Gasteiger partial charge >= 0.3 is 12.1 Å². The molecule has 1 aromatic heterocycles. The van der Waals surface area contributed by atoms with Gasteiger partial charge in [-0.1, -0.05) is 60.2 Å². The molecule has 7 nitrogen and oxygen atoms in total. The first kappa shape index (κ1) is 26.6. The number of esters is 1. The Morgan fingerprint density at radius 2 is 1.66 bits per heavy atom. The summed E-state index contributed by atoms with van der Waals surface area (Å²) in [6.45, 7) is 4.13. The van der Waals surface area contributed by atoms with Gasteiger partial charge in [0, 0.05) is 5.56 Å². The van der Waals surface area contributed by atoms with Crippen LogP contribution in [0.3, 0.4) is 0 Å². The molecule has 6 rings (SSSR count). The Bertz CT molecular complexity index is 1670. The fraction of sp³-hybridized carbons (Fsp3) is 0.258. The van der Waals surface area contributed by atoms with E-state index < -0.39 is 34.6 Å². The van der Waals surface area contributed by atoms with E-state index in [9.17, 15) is 9.59 Å². The number of fused-ring (bicyclic) bond motifs is 3. The van der Waals surface area contributed by atoms with Crippen molar-refractivity contribution in [3.8, 4) is 11.6 Å². The normalized spacial score (nSPS) is 21.1. The number of aromatic nitrogens is 2. The molecule has 3 heterocycles. The molecule has 0 fully saturated rings. The molecule has 210 valence electrons. The topological polar surface area (TPSA) is 73.7 Å². The van der Waals surface area contributed by atoms with E-state index in [2.05, 4.69) is 5.10 Å². The van der Waals surface area contributed by atoms with Crippen molar-refractivity contribution in [1.29, 1.82) is 0 Å². The smallest absolute Gasteiger partial charge is 0.414 e. The third kappa shape index (κ3) is 3.49. The first-order chi connectivity index (χ1) is 19.6. The summed E-state index contributed by atoms with van der Waals surface area (Å²) >= 11 is 0. The zero-order valence-corrected chi connectivity index (χ0v) is 22.5. The minimum absolute atomic E-state index is 0.0300. The van der Waals surface area contributed by atoms with Gasteiger partial charge in [-0.15, -0.1) is 0 Å². The number of alkyl halides is 3. The maximum Gasteiger partial charge on any atom is 0.414 e. The van der Waals surface area contributed by atoms with Crippen molar-refractivity contribution in [1.82, 2.24) is 9.78 Å². The molecule has 2 aliphatic heterocycles. The Morgan fingerprint density at radius 1 is 1.00 bits per heavy atom. The standard InChI is InChI=1S/C31H26F3N3O4/c1-4-40-28(39)29(31(32,33)34)25-20(3)35-37(22-13-9-6-10-14-22)26(25)41-30(29)23-17-19(2)15-16-24(23)36(27(30)38)18-21-11-7-5-8-12-21/h5-17H,4,18H2,1-3H3/t29-,30-/m0/s1. The number of nitrogens with zero attached hydrogens (tertiary/aromatic N) is 3. The van der Waals surface area contributed by atoms with E-state index >= 15 is 13.2 Å². The maximum atomic E-state index is 15.9. The predicted octanol–water partition coefficient (Wildman–Crippen LogP) is 5.69. The van der Waals surface area contributed by atoms with Crippen molar-refractivity contribution in [3.63, 3.8) is 0 Å². The molecule has 10 heteroatoms. The Labute approximate surface area is 234 Å². The van der Waals surface area contributed by atoms with E-state index in [1.807, 2.05) is 0 Å². The Balaban J connectivity index is 1.70. The first-order valence-corrected chi connectivity index (χ1v) is 13.1. The number of hydrogen-bond donors (Lipinski definition) is 0. The number of benzene rings is 3. The molecule has 0 saturated heterocycles. The summed E-state index contributed by atoms with van der Waals surface area (Å²) in [6.07, 6.45) is -5.32. The van der Waals surface area contributed by atoms with Gasteiger partial charge in [0.15, 0.2) is 0 Å². The molecule has 0 bridgehead atoms. The number of anilines is 1. The number of halogens is 3. The van der Waals surface area contributed by atoms with E-state index in [0.717, 1.165) is 0 Å². The number of para-hydroxylation sites is 1. The lowest BCUT2D eigenvalue weighted by molar-refractivity contribution is -0.237. The first-order valence-electron chi connectivity index (χ1n) is 13.1. The van der Waals surface area contributed by atoms with E-state index in [1.54, 1.807) is 79.7 Å². The van der Waals surface area contributed by atoms with Crippen LogP contribution in [0.25, 0.3) is 5.69 Å². The molecule has 0 aliphatic carbocycles. The van der Waals surface area contributed by atoms with Gasteiger partial charge in [-0.2, -0.15) is 18.3 Å². The number of rotatable bonds is 5. The summed E-state index contributed by atoms with van der Waals surface area (Å²) in [6, 6.07) is 22.1. The van der Waals surface area contributed by atoms with Crippen LogP contribution in [0.1, 0.15) is 34.9 Å². The number of ether oxygens (including phenoxy) is 2. The summed E-state index contributed by atoms with van der Waals surface area (Å²) < 4.78 is 60.4. The highest BCUT2D eigenvalue weighted by Gasteiger charge is 2.85. The molecule has 1 spiro atoms. The van der Waals surface area contributed by atoms with Crippen LogP contribution in [-0.2, 0) is 31.9 Å². The second kappa shape index (κ2) is 9.22. The zero-order chi connectivity index (χ0) is 29.2. The second-order valence-electron chi connectivity index (χ2n) is 10.2. The van der Waals surface area contributed by atoms with Gasteiger partial charge in [0.2, 0.25) is 16.9 Å².